The van der Waals surface area contributed by atoms with Gasteiger partial charge in [0, 0.05) is 0 Å². The summed E-state index contributed by atoms with van der Waals surface area (Å²) in [5, 5.41) is 12.2. The molecule has 0 heterocycles. The molecule has 0 aliphatic rings. The summed E-state index contributed by atoms with van der Waals surface area (Å²) in [4.78, 5) is 52.3. The van der Waals surface area contributed by atoms with Gasteiger partial charge in [-0.15, -0.1) is 0 Å². The van der Waals surface area contributed by atoms with E-state index in [0.717, 1.165) is 6.29 Å². The van der Waals surface area contributed by atoms with Gasteiger partial charge in [-0.2, -0.15) is 0 Å². The van der Waals surface area contributed by atoms with Crippen LogP contribution in [0.4, 0.5) is 0 Å². The van der Waals surface area contributed by atoms with Gasteiger partial charge < -0.3 is 41.9 Å². The molecule has 0 atom stereocenters. The van der Waals surface area contributed by atoms with Crippen molar-refractivity contribution in [2.45, 2.75) is 13.8 Å². The first-order chi connectivity index (χ1) is 12.5. The lowest BCUT2D eigenvalue weighted by atomic mass is 10.5. The molecule has 0 saturated heterocycles. The lowest BCUT2D eigenvalue weighted by Gasteiger charge is -2.06. The van der Waals surface area contributed by atoms with E-state index < -0.39 is 11.8 Å². The summed E-state index contributed by atoms with van der Waals surface area (Å²) in [7, 11) is 4.84. The highest BCUT2D eigenvalue weighted by atomic mass is 16.2. The van der Waals surface area contributed by atoms with Gasteiger partial charge >= 0.3 is 0 Å². The van der Waals surface area contributed by atoms with Crippen LogP contribution >= 0.6 is 0 Å². The van der Waals surface area contributed by atoms with Crippen LogP contribution in [0.25, 0.3) is 0 Å². The zero-order valence-electron chi connectivity index (χ0n) is 16.3. The van der Waals surface area contributed by atoms with Crippen LogP contribution in [0.1, 0.15) is 13.8 Å². The Bertz CT molecular complexity index is 366. The zero-order chi connectivity index (χ0) is 21.2. The Morgan fingerprint density at radius 1 is 0.692 bits per heavy atom. The molecule has 0 aromatic heterocycles. The number of carbonyl (C=O) groups excluding carboxylic acids is 5. The van der Waals surface area contributed by atoms with Crippen LogP contribution in [0.15, 0.2) is 0 Å². The Hall–Kier alpha value is -2.37. The van der Waals surface area contributed by atoms with Crippen molar-refractivity contribution in [1.82, 2.24) is 26.6 Å². The number of likely N-dealkylation sites (N-methyl/N-ethyl adjacent to an activating group) is 2. The van der Waals surface area contributed by atoms with Crippen LogP contribution in [0.5, 0.6) is 0 Å². The maximum Gasteiger partial charge on any atom is 0.239 e. The third kappa shape index (κ3) is 33.3. The van der Waals surface area contributed by atoms with E-state index in [-0.39, 0.29) is 32.1 Å². The largest absolute Gasteiger partial charge is 0.348 e. The van der Waals surface area contributed by atoms with Gasteiger partial charge in [0.2, 0.25) is 17.7 Å². The fourth-order valence-corrected chi connectivity index (χ4v) is 0.945. The average Bonchev–Trinajstić information content (AvgIpc) is 2.67. The van der Waals surface area contributed by atoms with Gasteiger partial charge in [-0.05, 0) is 21.1 Å². The normalized spacial score (nSPS) is 7.92. The molecule has 0 aromatic carbocycles. The molecule has 0 unspecified atom stereocenters. The van der Waals surface area contributed by atoms with Gasteiger partial charge in [0.1, 0.15) is 12.6 Å². The van der Waals surface area contributed by atoms with Gasteiger partial charge in [-0.25, -0.2) is 0 Å². The quantitative estimate of drug-likeness (QED) is 0.215. The molecule has 11 heteroatoms. The van der Waals surface area contributed by atoms with Crippen molar-refractivity contribution in [3.63, 3.8) is 0 Å². The highest BCUT2D eigenvalue weighted by molar-refractivity contribution is 5.88. The van der Waals surface area contributed by atoms with E-state index in [9.17, 15) is 24.0 Å². The lowest BCUT2D eigenvalue weighted by molar-refractivity contribution is -0.127. The fourth-order valence-electron chi connectivity index (χ4n) is 0.945. The summed E-state index contributed by atoms with van der Waals surface area (Å²) < 4.78 is 0. The predicted molar refractivity (Wildman–Crippen MR) is 100 cm³/mol. The molecule has 11 nitrogen and oxygen atoms in total. The van der Waals surface area contributed by atoms with E-state index in [1.165, 1.54) is 7.05 Å². The molecular formula is C15H34N6O5. The van der Waals surface area contributed by atoms with Gasteiger partial charge in [0.15, 0.2) is 0 Å². The summed E-state index contributed by atoms with van der Waals surface area (Å²) in [6.45, 7) is 4.07. The zero-order valence-corrected chi connectivity index (χ0v) is 16.3. The SMILES string of the molecule is CC.CN.CNCC(=O)NCC(=O)NCC(=O)NCC=O.CNCC=O. The summed E-state index contributed by atoms with van der Waals surface area (Å²) in [6, 6.07) is 0. The van der Waals surface area contributed by atoms with Crippen LogP contribution < -0.4 is 32.3 Å². The molecule has 26 heavy (non-hydrogen) atoms. The van der Waals surface area contributed by atoms with Crippen molar-refractivity contribution in [3.8, 4) is 0 Å². The number of hydrogen-bond donors (Lipinski definition) is 6. The van der Waals surface area contributed by atoms with Crippen LogP contribution in [0.3, 0.4) is 0 Å². The van der Waals surface area contributed by atoms with Crippen LogP contribution in [-0.2, 0) is 24.0 Å². The van der Waals surface area contributed by atoms with E-state index in [2.05, 4.69) is 32.3 Å². The Kier molecular flexibility index (Phi) is 36.8. The molecule has 0 bridgehead atoms. The highest BCUT2D eigenvalue weighted by Gasteiger charge is 2.06. The minimum absolute atomic E-state index is 0.0897. The molecule has 3 amide bonds. The highest BCUT2D eigenvalue weighted by Crippen LogP contribution is 1.68. The monoisotopic (exact) mass is 378 g/mol. The Balaban J connectivity index is -0.000000226. The molecule has 0 aliphatic carbocycles. The van der Waals surface area contributed by atoms with Crippen molar-refractivity contribution in [1.29, 1.82) is 0 Å². The number of nitrogens with one attached hydrogen (secondary N) is 5. The van der Waals surface area contributed by atoms with Crippen molar-refractivity contribution in [3.05, 3.63) is 0 Å². The van der Waals surface area contributed by atoms with Crippen molar-refractivity contribution in [2.24, 2.45) is 5.73 Å². The van der Waals surface area contributed by atoms with E-state index in [0.29, 0.717) is 12.8 Å². The van der Waals surface area contributed by atoms with Crippen molar-refractivity contribution >= 4 is 30.3 Å². The standard InChI is InChI=1S/C9H16N4O4.C3H7NO.C2H6.CH5N/c1-10-4-7(15)12-6-9(17)13-5-8(16)11-2-3-14;1-4-2-3-5;2*1-2/h3,10H,2,4-6H2,1H3,(H,11,16)(H,12,15)(H,13,17);3-4H,2H2,1H3;1-2H3;2H2,1H3. The third-order valence-corrected chi connectivity index (χ3v) is 1.90. The second-order valence-corrected chi connectivity index (χ2v) is 3.78. The number of hydrogen-bond acceptors (Lipinski definition) is 8. The van der Waals surface area contributed by atoms with E-state index in [1.54, 1.807) is 14.1 Å². The van der Waals surface area contributed by atoms with Gasteiger partial charge in [0.05, 0.1) is 32.7 Å². The first kappa shape index (κ1) is 31.4. The summed E-state index contributed by atoms with van der Waals surface area (Å²) in [5.74, 6) is -1.25. The maximum absolute atomic E-state index is 11.1. The Morgan fingerprint density at radius 3 is 1.38 bits per heavy atom. The van der Waals surface area contributed by atoms with Crippen LogP contribution in [-0.4, -0.2) is 84.2 Å². The molecule has 0 aromatic rings. The molecule has 7 N–H and O–H groups in total. The number of rotatable bonds is 10. The van der Waals surface area contributed by atoms with Gasteiger partial charge in [0.25, 0.3) is 0 Å². The molecule has 0 radical (unpaired) electrons. The molecule has 0 aliphatic heterocycles. The molecular weight excluding hydrogens is 344 g/mol. The van der Waals surface area contributed by atoms with E-state index in [1.807, 2.05) is 13.8 Å². The Morgan fingerprint density at radius 2 is 1.08 bits per heavy atom. The van der Waals surface area contributed by atoms with E-state index >= 15 is 0 Å². The molecule has 154 valence electrons. The smallest absolute Gasteiger partial charge is 0.239 e. The third-order valence-electron chi connectivity index (χ3n) is 1.90. The minimum atomic E-state index is -0.476. The van der Waals surface area contributed by atoms with E-state index in [4.69, 9.17) is 0 Å². The van der Waals surface area contributed by atoms with Crippen LogP contribution in [0.2, 0.25) is 0 Å². The fraction of sp³-hybridized carbons (Fsp3) is 0.667. The number of aldehydes is 2. The minimum Gasteiger partial charge on any atom is -0.348 e. The second-order valence-electron chi connectivity index (χ2n) is 3.78. The first-order valence-electron chi connectivity index (χ1n) is 8.06. The summed E-state index contributed by atoms with van der Waals surface area (Å²) >= 11 is 0. The lowest BCUT2D eigenvalue weighted by Crippen LogP contribution is -2.43. The molecule has 0 fully saturated rings. The number of amides is 3. The summed E-state index contributed by atoms with van der Waals surface area (Å²) in [5.41, 5.74) is 4.50. The van der Waals surface area contributed by atoms with Crippen molar-refractivity contribution < 1.29 is 24.0 Å². The first-order valence-corrected chi connectivity index (χ1v) is 8.06. The van der Waals surface area contributed by atoms with Crippen molar-refractivity contribution in [2.75, 3.05) is 53.9 Å². The summed E-state index contributed by atoms with van der Waals surface area (Å²) in [6.07, 6.45) is 1.36. The van der Waals surface area contributed by atoms with Gasteiger partial charge in [-0.3, -0.25) is 14.4 Å². The van der Waals surface area contributed by atoms with Crippen LogP contribution in [0, 0.1) is 0 Å². The molecule has 0 saturated carbocycles. The Labute approximate surface area is 155 Å². The second kappa shape index (κ2) is 30.5. The molecule has 0 spiro atoms. The maximum atomic E-state index is 11.1. The topological polar surface area (TPSA) is 172 Å². The predicted octanol–water partition coefficient (Wildman–Crippen LogP) is -3.24. The molecule has 0 rings (SSSR count). The van der Waals surface area contributed by atoms with Gasteiger partial charge in [-0.1, -0.05) is 13.8 Å². The number of nitrogens with two attached hydrogens (primary N) is 1. The average molecular weight is 378 g/mol. The number of carbonyl (C=O) groups is 5.